The van der Waals surface area contributed by atoms with Gasteiger partial charge in [0.1, 0.15) is 0 Å². The van der Waals surface area contributed by atoms with Crippen LogP contribution in [0, 0.1) is 0 Å². The Morgan fingerprint density at radius 3 is 2.76 bits per heavy atom. The van der Waals surface area contributed by atoms with Crippen LogP contribution in [-0.2, 0) is 14.3 Å². The monoisotopic (exact) mass is 242 g/mol. The van der Waals surface area contributed by atoms with Crippen LogP contribution in [0.4, 0.5) is 0 Å². The van der Waals surface area contributed by atoms with Gasteiger partial charge in [0.05, 0.1) is 19.8 Å². The number of hydrogen-bond donors (Lipinski definition) is 1. The lowest BCUT2D eigenvalue weighted by molar-refractivity contribution is -0.135. The molecule has 2 rings (SSSR count). The minimum atomic E-state index is 0.234. The van der Waals surface area contributed by atoms with Crippen molar-refractivity contribution in [3.63, 3.8) is 0 Å². The number of nitrogens with zero attached hydrogens (tertiary/aromatic N) is 1. The Morgan fingerprint density at radius 1 is 1.24 bits per heavy atom. The van der Waals surface area contributed by atoms with Crippen molar-refractivity contribution in [3.8, 4) is 0 Å². The molecule has 0 aliphatic carbocycles. The van der Waals surface area contributed by atoms with Gasteiger partial charge < -0.3 is 19.7 Å². The molecule has 0 aromatic rings. The van der Waals surface area contributed by atoms with E-state index in [-0.39, 0.29) is 5.91 Å². The quantitative estimate of drug-likeness (QED) is 0.754. The van der Waals surface area contributed by atoms with Crippen molar-refractivity contribution < 1.29 is 14.3 Å². The maximum Gasteiger partial charge on any atom is 0.224 e. The summed E-state index contributed by atoms with van der Waals surface area (Å²) in [5, 5.41) is 3.39. The van der Waals surface area contributed by atoms with E-state index in [1.54, 1.807) is 0 Å². The van der Waals surface area contributed by atoms with Gasteiger partial charge in [-0.25, -0.2) is 0 Å². The third-order valence-electron chi connectivity index (χ3n) is 3.30. The zero-order valence-electron chi connectivity index (χ0n) is 10.3. The van der Waals surface area contributed by atoms with Gasteiger partial charge in [-0.1, -0.05) is 0 Å². The normalized spacial score (nSPS) is 25.9. The minimum absolute atomic E-state index is 0.234. The average molecular weight is 242 g/mol. The molecule has 2 fully saturated rings. The Balaban J connectivity index is 1.58. The zero-order chi connectivity index (χ0) is 11.9. The largest absolute Gasteiger partial charge is 0.380 e. The van der Waals surface area contributed by atoms with E-state index in [9.17, 15) is 4.79 Å². The number of nitrogens with one attached hydrogen (secondary N) is 1. The van der Waals surface area contributed by atoms with Gasteiger partial charge in [-0.2, -0.15) is 0 Å². The van der Waals surface area contributed by atoms with Crippen LogP contribution in [0.25, 0.3) is 0 Å². The van der Waals surface area contributed by atoms with E-state index >= 15 is 0 Å². The highest BCUT2D eigenvalue weighted by Gasteiger charge is 2.17. The van der Waals surface area contributed by atoms with Gasteiger partial charge in [-0.3, -0.25) is 4.79 Å². The Labute approximate surface area is 102 Å². The second kappa shape index (κ2) is 6.93. The number of hydrogen-bond acceptors (Lipinski definition) is 4. The number of carbonyl (C=O) groups excluding carboxylic acids is 1. The van der Waals surface area contributed by atoms with E-state index < -0.39 is 0 Å². The van der Waals surface area contributed by atoms with E-state index in [4.69, 9.17) is 9.47 Å². The number of morpholine rings is 1. The maximum absolute atomic E-state index is 11.8. The minimum Gasteiger partial charge on any atom is -0.380 e. The SMILES string of the molecule is O=C(CCNC1CCCOC1)N1CCOCC1. The summed E-state index contributed by atoms with van der Waals surface area (Å²) in [4.78, 5) is 13.7. The molecule has 1 unspecified atom stereocenters. The van der Waals surface area contributed by atoms with Crippen LogP contribution in [-0.4, -0.2) is 62.9 Å². The van der Waals surface area contributed by atoms with Crippen LogP contribution < -0.4 is 5.32 Å². The van der Waals surface area contributed by atoms with E-state index in [0.717, 1.165) is 45.7 Å². The summed E-state index contributed by atoms with van der Waals surface area (Å²) >= 11 is 0. The van der Waals surface area contributed by atoms with Crippen LogP contribution >= 0.6 is 0 Å². The van der Waals surface area contributed by atoms with Gasteiger partial charge in [0.25, 0.3) is 0 Å². The first kappa shape index (κ1) is 12.8. The Kier molecular flexibility index (Phi) is 5.22. The molecule has 0 aromatic heterocycles. The van der Waals surface area contributed by atoms with Crippen molar-refractivity contribution in [2.24, 2.45) is 0 Å². The highest BCUT2D eigenvalue weighted by atomic mass is 16.5. The Bertz CT molecular complexity index is 236. The molecule has 0 radical (unpaired) electrons. The third kappa shape index (κ3) is 4.26. The van der Waals surface area contributed by atoms with Gasteiger partial charge in [0.15, 0.2) is 0 Å². The predicted octanol–water partition coefficient (Wildman–Crippen LogP) is 0.00390. The first-order valence-electron chi connectivity index (χ1n) is 6.53. The van der Waals surface area contributed by atoms with Crippen LogP contribution in [0.5, 0.6) is 0 Å². The van der Waals surface area contributed by atoms with Gasteiger partial charge in [-0.05, 0) is 12.8 Å². The summed E-state index contributed by atoms with van der Waals surface area (Å²) in [5.41, 5.74) is 0. The van der Waals surface area contributed by atoms with E-state index in [1.165, 1.54) is 0 Å². The molecular formula is C12H22N2O3. The second-order valence-corrected chi connectivity index (χ2v) is 4.61. The molecule has 2 heterocycles. The molecule has 0 spiro atoms. The molecule has 2 saturated heterocycles. The third-order valence-corrected chi connectivity index (χ3v) is 3.30. The Hall–Kier alpha value is -0.650. The van der Waals surface area contributed by atoms with Gasteiger partial charge >= 0.3 is 0 Å². The van der Waals surface area contributed by atoms with Crippen LogP contribution in [0.3, 0.4) is 0 Å². The number of rotatable bonds is 4. The highest BCUT2D eigenvalue weighted by Crippen LogP contribution is 2.06. The number of amides is 1. The molecule has 2 aliphatic heterocycles. The molecule has 0 bridgehead atoms. The van der Waals surface area contributed by atoms with Crippen LogP contribution in [0.2, 0.25) is 0 Å². The first-order valence-corrected chi connectivity index (χ1v) is 6.53. The van der Waals surface area contributed by atoms with Crippen molar-refractivity contribution >= 4 is 5.91 Å². The zero-order valence-corrected chi connectivity index (χ0v) is 10.3. The molecule has 0 aromatic carbocycles. The molecule has 2 aliphatic rings. The summed E-state index contributed by atoms with van der Waals surface area (Å²) < 4.78 is 10.6. The molecule has 98 valence electrons. The Morgan fingerprint density at radius 2 is 2.06 bits per heavy atom. The molecular weight excluding hydrogens is 220 g/mol. The molecule has 0 saturated carbocycles. The maximum atomic E-state index is 11.8. The fraction of sp³-hybridized carbons (Fsp3) is 0.917. The van der Waals surface area contributed by atoms with Crippen molar-refractivity contribution in [3.05, 3.63) is 0 Å². The summed E-state index contributed by atoms with van der Waals surface area (Å²) in [7, 11) is 0. The fourth-order valence-electron chi connectivity index (χ4n) is 2.26. The smallest absolute Gasteiger partial charge is 0.224 e. The summed E-state index contributed by atoms with van der Waals surface area (Å²) in [6.07, 6.45) is 2.86. The summed E-state index contributed by atoms with van der Waals surface area (Å²) in [6.45, 7) is 5.25. The molecule has 1 atom stereocenters. The molecule has 5 heteroatoms. The van der Waals surface area contributed by atoms with E-state index in [0.29, 0.717) is 25.7 Å². The molecule has 1 amide bonds. The lowest BCUT2D eigenvalue weighted by Gasteiger charge is -2.27. The van der Waals surface area contributed by atoms with Crippen LogP contribution in [0.15, 0.2) is 0 Å². The van der Waals surface area contributed by atoms with Gasteiger partial charge in [-0.15, -0.1) is 0 Å². The van der Waals surface area contributed by atoms with Crippen molar-refractivity contribution in [1.82, 2.24) is 10.2 Å². The standard InChI is InChI=1S/C12H22N2O3/c15-12(14-5-8-16-9-6-14)3-4-13-11-2-1-7-17-10-11/h11,13H,1-10H2. The van der Waals surface area contributed by atoms with Crippen molar-refractivity contribution in [1.29, 1.82) is 0 Å². The number of carbonyl (C=O) groups is 1. The van der Waals surface area contributed by atoms with Gasteiger partial charge in [0, 0.05) is 38.7 Å². The molecule has 17 heavy (non-hydrogen) atoms. The topological polar surface area (TPSA) is 50.8 Å². The second-order valence-electron chi connectivity index (χ2n) is 4.61. The average Bonchev–Trinajstić information content (AvgIpc) is 2.41. The summed E-state index contributed by atoms with van der Waals surface area (Å²) in [5.74, 6) is 0.234. The van der Waals surface area contributed by atoms with E-state index in [1.807, 2.05) is 4.90 Å². The molecule has 1 N–H and O–H groups in total. The van der Waals surface area contributed by atoms with Gasteiger partial charge in [0.2, 0.25) is 5.91 Å². The van der Waals surface area contributed by atoms with E-state index in [2.05, 4.69) is 5.32 Å². The van der Waals surface area contributed by atoms with Crippen molar-refractivity contribution in [2.45, 2.75) is 25.3 Å². The fourth-order valence-corrected chi connectivity index (χ4v) is 2.26. The molecule has 5 nitrogen and oxygen atoms in total. The highest BCUT2D eigenvalue weighted by molar-refractivity contribution is 5.76. The number of ether oxygens (including phenoxy) is 2. The van der Waals surface area contributed by atoms with Crippen molar-refractivity contribution in [2.75, 3.05) is 46.1 Å². The predicted molar refractivity (Wildman–Crippen MR) is 63.9 cm³/mol. The lowest BCUT2D eigenvalue weighted by atomic mass is 10.1. The van der Waals surface area contributed by atoms with Crippen LogP contribution in [0.1, 0.15) is 19.3 Å². The first-order chi connectivity index (χ1) is 8.36. The lowest BCUT2D eigenvalue weighted by Crippen LogP contribution is -2.43. The summed E-state index contributed by atoms with van der Waals surface area (Å²) in [6, 6.07) is 0.432.